The Balaban J connectivity index is 1.12. The number of nitrogens with one attached hydrogen (secondary N) is 4. The van der Waals surface area contributed by atoms with Gasteiger partial charge >= 0.3 is 6.03 Å². The van der Waals surface area contributed by atoms with Crippen molar-refractivity contribution in [3.63, 3.8) is 0 Å². The number of urea groups is 1. The Hall–Kier alpha value is -3.48. The van der Waals surface area contributed by atoms with Crippen LogP contribution < -0.4 is 21.3 Å². The van der Waals surface area contributed by atoms with Crippen LogP contribution >= 0.6 is 0 Å². The number of likely N-dealkylation sites (tertiary alicyclic amines) is 1. The number of nitrogens with zero attached hydrogens (tertiary/aromatic N) is 1. The van der Waals surface area contributed by atoms with Crippen LogP contribution in [0.1, 0.15) is 117 Å². The van der Waals surface area contributed by atoms with Gasteiger partial charge in [0.15, 0.2) is 9.84 Å². The maximum atomic E-state index is 15.0. The van der Waals surface area contributed by atoms with Gasteiger partial charge in [-0.2, -0.15) is 0 Å². The fraction of sp³-hybridized carbons (Fsp3) is 0.732. The molecular formula is C41H59N5O7S. The molecule has 6 aliphatic rings. The van der Waals surface area contributed by atoms with Crippen molar-refractivity contribution in [3.05, 3.63) is 30.3 Å². The molecule has 7 rings (SSSR count). The molecule has 296 valence electrons. The van der Waals surface area contributed by atoms with Crippen LogP contribution in [-0.2, 0) is 29.0 Å². The van der Waals surface area contributed by atoms with Crippen LogP contribution in [0.5, 0.6) is 0 Å². The summed E-state index contributed by atoms with van der Waals surface area (Å²) in [6, 6.07) is 4.97. The summed E-state index contributed by atoms with van der Waals surface area (Å²) >= 11 is 0. The van der Waals surface area contributed by atoms with Crippen LogP contribution in [0, 0.1) is 28.6 Å². The molecule has 1 heterocycles. The highest BCUT2D eigenvalue weighted by Crippen LogP contribution is 2.65. The van der Waals surface area contributed by atoms with E-state index >= 15 is 0 Å². The summed E-state index contributed by atoms with van der Waals surface area (Å²) in [5.41, 5.74) is -1.77. The fourth-order valence-corrected chi connectivity index (χ4v) is 11.8. The second-order valence-corrected chi connectivity index (χ2v) is 20.4. The number of benzene rings is 1. The monoisotopic (exact) mass is 765 g/mol. The van der Waals surface area contributed by atoms with Crippen molar-refractivity contribution in [1.82, 2.24) is 26.2 Å². The van der Waals surface area contributed by atoms with E-state index in [1.165, 1.54) is 0 Å². The van der Waals surface area contributed by atoms with E-state index in [2.05, 4.69) is 35.1 Å². The van der Waals surface area contributed by atoms with E-state index in [1.54, 1.807) is 35.2 Å². The Bertz CT molecular complexity index is 1730. The zero-order valence-corrected chi connectivity index (χ0v) is 33.0. The summed E-state index contributed by atoms with van der Waals surface area (Å²) in [5.74, 6) is -2.07. The van der Waals surface area contributed by atoms with Crippen molar-refractivity contribution < 1.29 is 32.4 Å². The largest absolute Gasteiger partial charge is 0.347 e. The first-order chi connectivity index (χ1) is 25.6. The SMILES string of the molecule is CC1([C@H](NC(=O)NC2(CS(=O)(=O)c3ccccc3)CCCCC2)C(=O)N2C[C@H]3[C@@H]([C@H]2C(=O)NC(CC2CC2)C(=O)C(=O)NC2CC2)C3(C)C)CCCCC1. The van der Waals surface area contributed by atoms with Crippen LogP contribution in [0.25, 0.3) is 0 Å². The Kier molecular flexibility index (Phi) is 10.7. The lowest BCUT2D eigenvalue weighted by Crippen LogP contribution is -2.64. The lowest BCUT2D eigenvalue weighted by atomic mass is 9.70. The topological polar surface area (TPSA) is 171 Å². The number of hydrogen-bond donors (Lipinski definition) is 4. The Morgan fingerprint density at radius 2 is 1.46 bits per heavy atom. The molecule has 1 saturated heterocycles. The number of hydrogen-bond acceptors (Lipinski definition) is 7. The Morgan fingerprint density at radius 1 is 0.833 bits per heavy atom. The smallest absolute Gasteiger partial charge is 0.315 e. The molecule has 1 unspecified atom stereocenters. The Labute approximate surface area is 320 Å². The number of piperidine rings is 1. The van der Waals surface area contributed by atoms with Gasteiger partial charge in [0.25, 0.3) is 5.91 Å². The highest BCUT2D eigenvalue weighted by atomic mass is 32.2. The van der Waals surface area contributed by atoms with Crippen molar-refractivity contribution in [1.29, 1.82) is 0 Å². The molecule has 5 atom stereocenters. The first kappa shape index (κ1) is 38.8. The molecule has 1 aromatic rings. The third kappa shape index (κ3) is 8.21. The third-order valence-corrected chi connectivity index (χ3v) is 15.7. The number of fused-ring (bicyclic) bond motifs is 1. The second kappa shape index (κ2) is 14.9. The molecule has 13 heteroatoms. The van der Waals surface area contributed by atoms with Crippen molar-refractivity contribution in [2.75, 3.05) is 12.3 Å². The van der Waals surface area contributed by atoms with Gasteiger partial charge in [0, 0.05) is 12.6 Å². The van der Waals surface area contributed by atoms with E-state index in [-0.39, 0.29) is 45.8 Å². The summed E-state index contributed by atoms with van der Waals surface area (Å²) in [4.78, 5) is 71.6. The van der Waals surface area contributed by atoms with E-state index in [4.69, 9.17) is 0 Å². The summed E-state index contributed by atoms with van der Waals surface area (Å²) in [5, 5.41) is 11.9. The molecule has 0 spiro atoms. The van der Waals surface area contributed by atoms with Gasteiger partial charge in [0.2, 0.25) is 17.6 Å². The number of carbonyl (C=O) groups excluding carboxylic acids is 5. The molecule has 54 heavy (non-hydrogen) atoms. The number of rotatable bonds is 14. The van der Waals surface area contributed by atoms with Gasteiger partial charge < -0.3 is 26.2 Å². The highest BCUT2D eigenvalue weighted by Gasteiger charge is 2.70. The maximum absolute atomic E-state index is 15.0. The minimum atomic E-state index is -3.72. The van der Waals surface area contributed by atoms with Gasteiger partial charge in [-0.25, -0.2) is 13.2 Å². The molecule has 12 nitrogen and oxygen atoms in total. The summed E-state index contributed by atoms with van der Waals surface area (Å²) in [7, 11) is -3.72. The minimum Gasteiger partial charge on any atom is -0.347 e. The maximum Gasteiger partial charge on any atom is 0.315 e. The molecule has 0 radical (unpaired) electrons. The zero-order valence-electron chi connectivity index (χ0n) is 32.2. The molecule has 0 bridgehead atoms. The van der Waals surface area contributed by atoms with Crippen molar-refractivity contribution in [2.24, 2.45) is 28.6 Å². The van der Waals surface area contributed by atoms with E-state index in [0.29, 0.717) is 38.6 Å². The van der Waals surface area contributed by atoms with E-state index in [1.807, 2.05) is 6.92 Å². The van der Waals surface area contributed by atoms with Gasteiger partial charge in [0.1, 0.15) is 12.1 Å². The average molecular weight is 766 g/mol. The second-order valence-electron chi connectivity index (χ2n) is 18.4. The van der Waals surface area contributed by atoms with E-state index in [9.17, 15) is 32.4 Å². The average Bonchev–Trinajstić information content (AvgIpc) is 4.10. The molecule has 5 amide bonds. The minimum absolute atomic E-state index is 0.0127. The van der Waals surface area contributed by atoms with Crippen molar-refractivity contribution in [2.45, 2.75) is 152 Å². The summed E-state index contributed by atoms with van der Waals surface area (Å²) in [6.07, 6.45) is 11.8. The molecule has 0 aromatic heterocycles. The number of sulfone groups is 1. The van der Waals surface area contributed by atoms with Crippen molar-refractivity contribution in [3.8, 4) is 0 Å². The number of carbonyl (C=O) groups is 5. The lowest BCUT2D eigenvalue weighted by molar-refractivity contribution is -0.146. The van der Waals surface area contributed by atoms with Crippen molar-refractivity contribution >= 4 is 39.4 Å². The van der Waals surface area contributed by atoms with Crippen LogP contribution in [0.15, 0.2) is 35.2 Å². The molecule has 4 N–H and O–H groups in total. The lowest BCUT2D eigenvalue weighted by Gasteiger charge is -2.44. The van der Waals surface area contributed by atoms with Crippen LogP contribution in [0.4, 0.5) is 4.79 Å². The summed E-state index contributed by atoms with van der Waals surface area (Å²) in [6.45, 7) is 6.58. The van der Waals surface area contributed by atoms with Gasteiger partial charge in [-0.3, -0.25) is 19.2 Å². The predicted molar refractivity (Wildman–Crippen MR) is 203 cm³/mol. The predicted octanol–water partition coefficient (Wildman–Crippen LogP) is 4.42. The van der Waals surface area contributed by atoms with Gasteiger partial charge in [-0.1, -0.05) is 90.3 Å². The standard InChI is InChI=1S/C41H59N5O7S/c1-39(2)29-24-46(32(31(29)39)35(48)43-30(23-26-15-16-26)33(47)36(49)42-27-17-18-27)37(50)34(40(3)19-9-5-10-20-40)44-38(51)45-41(21-11-6-12-22-41)25-54(52,53)28-13-7-4-8-14-28/h4,7-8,13-14,26-27,29-32,34H,5-6,9-12,15-25H2,1-3H3,(H,42,49)(H,43,48)(H2,44,45,51)/t29-,30?,31-,32-,34+/m0/s1. The Morgan fingerprint density at radius 3 is 2.07 bits per heavy atom. The van der Waals surface area contributed by atoms with Gasteiger partial charge in [-0.15, -0.1) is 0 Å². The molecule has 5 saturated carbocycles. The van der Waals surface area contributed by atoms with E-state index < -0.39 is 62.5 Å². The summed E-state index contributed by atoms with van der Waals surface area (Å²) < 4.78 is 27.3. The van der Waals surface area contributed by atoms with Crippen LogP contribution in [-0.4, -0.2) is 84.9 Å². The molecule has 6 fully saturated rings. The number of Topliss-reactive ketones (excluding diaryl/α,β-unsaturated/α-hetero) is 1. The van der Waals surface area contributed by atoms with Gasteiger partial charge in [-0.05, 0) is 85.7 Å². The zero-order chi connectivity index (χ0) is 38.5. The molecule has 1 aliphatic heterocycles. The number of ketones is 1. The molecular weight excluding hydrogens is 707 g/mol. The van der Waals surface area contributed by atoms with E-state index in [0.717, 1.165) is 64.2 Å². The fourth-order valence-electron chi connectivity index (χ4n) is 10.00. The molecule has 1 aromatic carbocycles. The first-order valence-electron chi connectivity index (χ1n) is 20.4. The quantitative estimate of drug-likeness (QED) is 0.203. The van der Waals surface area contributed by atoms with Crippen LogP contribution in [0.2, 0.25) is 0 Å². The van der Waals surface area contributed by atoms with Crippen LogP contribution in [0.3, 0.4) is 0 Å². The van der Waals surface area contributed by atoms with Gasteiger partial charge in [0.05, 0.1) is 22.2 Å². The highest BCUT2D eigenvalue weighted by molar-refractivity contribution is 7.91. The molecule has 5 aliphatic carbocycles. The normalized spacial score (nSPS) is 27.8. The third-order valence-electron chi connectivity index (χ3n) is 13.8. The first-order valence-corrected chi connectivity index (χ1v) is 22.1. The number of amides is 5.